The molecule has 2 aromatic rings. The molecule has 0 aliphatic rings. The van der Waals surface area contributed by atoms with Crippen molar-refractivity contribution in [3.8, 4) is 11.5 Å². The largest absolute Gasteiger partial charge is 0.504 e. The van der Waals surface area contributed by atoms with Crippen LogP contribution in [0, 0.1) is 6.92 Å². The zero-order chi connectivity index (χ0) is 15.6. The van der Waals surface area contributed by atoms with Crippen LogP contribution in [0.25, 0.3) is 0 Å². The normalized spacial score (nSPS) is 11.2. The van der Waals surface area contributed by atoms with Crippen molar-refractivity contribution in [1.29, 1.82) is 0 Å². The fourth-order valence-corrected chi connectivity index (χ4v) is 1.99. The third kappa shape index (κ3) is 3.43. The lowest BCUT2D eigenvalue weighted by Gasteiger charge is -2.21. The topological polar surface area (TPSA) is 46.5 Å². The predicted molar refractivity (Wildman–Crippen MR) is 82.9 cm³/mol. The first-order chi connectivity index (χ1) is 9.79. The van der Waals surface area contributed by atoms with E-state index in [1.54, 1.807) is 37.3 Å². The van der Waals surface area contributed by atoms with Crippen LogP contribution in [0.5, 0.6) is 11.5 Å². The van der Waals surface area contributed by atoms with E-state index in [9.17, 15) is 9.90 Å². The molecule has 0 fully saturated rings. The summed E-state index contributed by atoms with van der Waals surface area (Å²) in [7, 11) is 0. The Labute approximate surface area is 125 Å². The van der Waals surface area contributed by atoms with Crippen LogP contribution < -0.4 is 4.74 Å². The number of rotatable bonds is 2. The molecule has 0 saturated carbocycles. The molecule has 0 spiro atoms. The monoisotopic (exact) mass is 284 g/mol. The smallest absolute Gasteiger partial charge is 0.343 e. The fraction of sp³-hybridized carbons (Fsp3) is 0.278. The molecule has 0 aliphatic carbocycles. The van der Waals surface area contributed by atoms with Gasteiger partial charge in [-0.2, -0.15) is 0 Å². The van der Waals surface area contributed by atoms with Gasteiger partial charge in [-0.25, -0.2) is 4.79 Å². The van der Waals surface area contributed by atoms with Gasteiger partial charge in [0.1, 0.15) is 0 Å². The van der Waals surface area contributed by atoms with Gasteiger partial charge in [0.05, 0.1) is 5.56 Å². The molecule has 3 heteroatoms. The maximum atomic E-state index is 12.1. The van der Waals surface area contributed by atoms with Crippen LogP contribution >= 0.6 is 0 Å². The fourth-order valence-electron chi connectivity index (χ4n) is 1.99. The highest BCUT2D eigenvalue weighted by molar-refractivity contribution is 5.91. The highest BCUT2D eigenvalue weighted by Crippen LogP contribution is 2.36. The van der Waals surface area contributed by atoms with E-state index in [1.165, 1.54) is 0 Å². The summed E-state index contributed by atoms with van der Waals surface area (Å²) in [6.45, 7) is 8.01. The molecule has 0 aromatic heterocycles. The van der Waals surface area contributed by atoms with Crippen LogP contribution in [0.3, 0.4) is 0 Å². The average Bonchev–Trinajstić information content (AvgIpc) is 2.43. The van der Waals surface area contributed by atoms with E-state index in [2.05, 4.69) is 20.8 Å². The standard InChI is InChI=1S/C18H20O3/c1-12-10-14(18(2,3)4)11-15(16(12)19)21-17(20)13-8-6-5-7-9-13/h5-11,19H,1-4H3. The van der Waals surface area contributed by atoms with E-state index in [-0.39, 0.29) is 16.9 Å². The van der Waals surface area contributed by atoms with Gasteiger partial charge in [-0.3, -0.25) is 0 Å². The molecular weight excluding hydrogens is 264 g/mol. The van der Waals surface area contributed by atoms with E-state index in [0.29, 0.717) is 11.1 Å². The molecule has 0 heterocycles. The van der Waals surface area contributed by atoms with Crippen LogP contribution in [0.1, 0.15) is 42.3 Å². The van der Waals surface area contributed by atoms with Crippen LogP contribution in [-0.2, 0) is 5.41 Å². The molecule has 21 heavy (non-hydrogen) atoms. The van der Waals surface area contributed by atoms with E-state index in [1.807, 2.05) is 12.1 Å². The highest BCUT2D eigenvalue weighted by atomic mass is 16.5. The molecular formula is C18H20O3. The summed E-state index contributed by atoms with van der Waals surface area (Å²) in [6.07, 6.45) is 0. The second kappa shape index (κ2) is 5.60. The SMILES string of the molecule is Cc1cc(C(C)(C)C)cc(OC(=O)c2ccccc2)c1O. The summed E-state index contributed by atoms with van der Waals surface area (Å²) in [5, 5.41) is 10.1. The van der Waals surface area contributed by atoms with Gasteiger partial charge in [-0.1, -0.05) is 45.0 Å². The molecule has 3 nitrogen and oxygen atoms in total. The second-order valence-electron chi connectivity index (χ2n) is 6.15. The Bertz CT molecular complexity index is 652. The number of phenolic OH excluding ortho intramolecular Hbond substituents is 1. The number of ether oxygens (including phenoxy) is 1. The van der Waals surface area contributed by atoms with Crippen LogP contribution in [0.2, 0.25) is 0 Å². The van der Waals surface area contributed by atoms with Gasteiger partial charge in [-0.15, -0.1) is 0 Å². The van der Waals surface area contributed by atoms with Crippen molar-refractivity contribution < 1.29 is 14.6 Å². The molecule has 0 bridgehead atoms. The third-order valence-corrected chi connectivity index (χ3v) is 3.34. The zero-order valence-corrected chi connectivity index (χ0v) is 12.8. The zero-order valence-electron chi connectivity index (χ0n) is 12.8. The second-order valence-corrected chi connectivity index (χ2v) is 6.15. The first-order valence-corrected chi connectivity index (χ1v) is 6.90. The molecule has 0 unspecified atom stereocenters. The van der Waals surface area contributed by atoms with Crippen molar-refractivity contribution in [3.05, 3.63) is 59.2 Å². The number of aromatic hydroxyl groups is 1. The number of hydrogen-bond acceptors (Lipinski definition) is 3. The number of esters is 1. The van der Waals surface area contributed by atoms with Crippen molar-refractivity contribution in [2.75, 3.05) is 0 Å². The van der Waals surface area contributed by atoms with Gasteiger partial charge >= 0.3 is 5.97 Å². The molecule has 0 saturated heterocycles. The summed E-state index contributed by atoms with van der Waals surface area (Å²) in [6, 6.07) is 12.4. The van der Waals surface area contributed by atoms with E-state index >= 15 is 0 Å². The van der Waals surface area contributed by atoms with Gasteiger partial charge in [-0.05, 0) is 41.7 Å². The van der Waals surface area contributed by atoms with E-state index < -0.39 is 5.97 Å². The first kappa shape index (κ1) is 15.1. The Morgan fingerprint density at radius 2 is 1.71 bits per heavy atom. The van der Waals surface area contributed by atoms with Crippen molar-refractivity contribution in [2.45, 2.75) is 33.1 Å². The number of carbonyl (C=O) groups excluding carboxylic acids is 1. The number of carbonyl (C=O) groups is 1. The number of hydrogen-bond donors (Lipinski definition) is 1. The van der Waals surface area contributed by atoms with Gasteiger partial charge in [0, 0.05) is 0 Å². The van der Waals surface area contributed by atoms with E-state index in [0.717, 1.165) is 5.56 Å². The van der Waals surface area contributed by atoms with Gasteiger partial charge in [0.2, 0.25) is 0 Å². The first-order valence-electron chi connectivity index (χ1n) is 6.90. The van der Waals surface area contributed by atoms with Crippen LogP contribution in [-0.4, -0.2) is 11.1 Å². The Morgan fingerprint density at radius 3 is 2.29 bits per heavy atom. The third-order valence-electron chi connectivity index (χ3n) is 3.34. The van der Waals surface area contributed by atoms with Crippen LogP contribution in [0.4, 0.5) is 0 Å². The summed E-state index contributed by atoms with van der Waals surface area (Å²) in [5.41, 5.74) is 2.06. The number of aryl methyl sites for hydroxylation is 1. The minimum Gasteiger partial charge on any atom is -0.504 e. The maximum absolute atomic E-state index is 12.1. The predicted octanol–water partition coefficient (Wildman–Crippen LogP) is 4.22. The van der Waals surface area contributed by atoms with Gasteiger partial charge in [0.15, 0.2) is 11.5 Å². The quantitative estimate of drug-likeness (QED) is 0.663. The summed E-state index contributed by atoms with van der Waals surface area (Å²) in [4.78, 5) is 12.1. The number of phenols is 1. The molecule has 2 rings (SSSR count). The van der Waals surface area contributed by atoms with Crippen LogP contribution in [0.15, 0.2) is 42.5 Å². The maximum Gasteiger partial charge on any atom is 0.343 e. The Hall–Kier alpha value is -2.29. The van der Waals surface area contributed by atoms with Crippen molar-refractivity contribution in [3.63, 3.8) is 0 Å². The highest BCUT2D eigenvalue weighted by Gasteiger charge is 2.20. The van der Waals surface area contributed by atoms with Crippen molar-refractivity contribution >= 4 is 5.97 Å². The summed E-state index contributed by atoms with van der Waals surface area (Å²) < 4.78 is 5.36. The summed E-state index contributed by atoms with van der Waals surface area (Å²) in [5.74, 6) is -0.266. The molecule has 2 aromatic carbocycles. The molecule has 1 N–H and O–H groups in total. The minimum absolute atomic E-state index is 0.00674. The van der Waals surface area contributed by atoms with Crippen molar-refractivity contribution in [1.82, 2.24) is 0 Å². The van der Waals surface area contributed by atoms with Gasteiger partial charge < -0.3 is 9.84 Å². The Balaban J connectivity index is 2.36. The lowest BCUT2D eigenvalue weighted by atomic mass is 9.86. The molecule has 0 amide bonds. The summed E-state index contributed by atoms with van der Waals surface area (Å²) >= 11 is 0. The van der Waals surface area contributed by atoms with Crippen molar-refractivity contribution in [2.24, 2.45) is 0 Å². The Morgan fingerprint density at radius 1 is 1.10 bits per heavy atom. The average molecular weight is 284 g/mol. The minimum atomic E-state index is -0.476. The van der Waals surface area contributed by atoms with Gasteiger partial charge in [0.25, 0.3) is 0 Å². The lowest BCUT2D eigenvalue weighted by Crippen LogP contribution is -2.13. The molecule has 0 aliphatic heterocycles. The molecule has 0 atom stereocenters. The molecule has 110 valence electrons. The Kier molecular flexibility index (Phi) is 4.03. The lowest BCUT2D eigenvalue weighted by molar-refractivity contribution is 0.0729. The molecule has 0 radical (unpaired) electrons. The van der Waals surface area contributed by atoms with E-state index in [4.69, 9.17) is 4.74 Å². The number of benzene rings is 2.